The van der Waals surface area contributed by atoms with Gasteiger partial charge in [-0.2, -0.15) is 10.1 Å². The minimum absolute atomic E-state index is 0.107. The maximum atomic E-state index is 9.81. The summed E-state index contributed by atoms with van der Waals surface area (Å²) in [5, 5.41) is 34.5. The average Bonchev–Trinajstić information content (AvgIpc) is 3.60. The van der Waals surface area contributed by atoms with Crippen molar-refractivity contribution in [3.63, 3.8) is 0 Å². The first kappa shape index (κ1) is 20.2. The van der Waals surface area contributed by atoms with Gasteiger partial charge in [0.2, 0.25) is 11.0 Å². The van der Waals surface area contributed by atoms with Gasteiger partial charge in [-0.15, -0.1) is 10.2 Å². The molecule has 11 heteroatoms. The second kappa shape index (κ2) is 8.14. The lowest BCUT2D eigenvalue weighted by Crippen LogP contribution is -2.10. The average molecular weight is 480 g/mol. The Morgan fingerprint density at radius 3 is 2.97 bits per heavy atom. The van der Waals surface area contributed by atoms with Crippen LogP contribution in [0.2, 0.25) is 5.02 Å². The van der Waals surface area contributed by atoms with Crippen LogP contribution in [0.4, 0.5) is 16.6 Å². The number of benzene rings is 2. The molecule has 0 atom stereocenters. The number of anilines is 3. The summed E-state index contributed by atoms with van der Waals surface area (Å²) >= 11 is 7.90. The van der Waals surface area contributed by atoms with Gasteiger partial charge in [0.25, 0.3) is 0 Å². The minimum Gasteiger partial charge on any atom is -0.439 e. The Labute approximate surface area is 196 Å². The number of aromatic nitrogens is 5. The van der Waals surface area contributed by atoms with Crippen molar-refractivity contribution in [3.8, 4) is 22.0 Å². The largest absolute Gasteiger partial charge is 0.439 e. The minimum atomic E-state index is -0.107. The summed E-state index contributed by atoms with van der Waals surface area (Å²) in [6.07, 6.45) is 3.56. The molecule has 0 bridgehead atoms. The Kier molecular flexibility index (Phi) is 4.97. The van der Waals surface area contributed by atoms with Crippen LogP contribution in [0.5, 0.6) is 0 Å². The van der Waals surface area contributed by atoms with E-state index in [2.05, 4.69) is 36.0 Å². The number of nitrogens with one attached hydrogen (secondary N) is 3. The van der Waals surface area contributed by atoms with Crippen LogP contribution < -0.4 is 10.6 Å². The van der Waals surface area contributed by atoms with Crippen LogP contribution in [0.15, 0.2) is 40.9 Å². The van der Waals surface area contributed by atoms with Crippen molar-refractivity contribution < 1.29 is 9.52 Å². The zero-order valence-electron chi connectivity index (χ0n) is 17.2. The standard InChI is InChI=1S/C22H18ClN7O2S/c23-18-14-9-25-28-15(14)3-4-16(18)26-22-30-29-21(33-22)13-7-11(10-31)6-12(8-13)20-27-19-17(32-20)2-1-5-24-19/h3-4,6-9,24,31H,1-2,5,10H2,(H,25,28)(H,26,30). The fraction of sp³-hybridized carbons (Fsp3) is 0.182. The lowest BCUT2D eigenvalue weighted by molar-refractivity contribution is 0.282. The predicted octanol–water partition coefficient (Wildman–Crippen LogP) is 4.98. The highest BCUT2D eigenvalue weighted by Crippen LogP contribution is 2.36. The molecule has 1 aliphatic rings. The van der Waals surface area contributed by atoms with Crippen molar-refractivity contribution in [1.82, 2.24) is 25.4 Å². The molecule has 0 amide bonds. The van der Waals surface area contributed by atoms with E-state index in [9.17, 15) is 5.11 Å². The van der Waals surface area contributed by atoms with E-state index in [-0.39, 0.29) is 6.61 Å². The molecule has 9 nitrogen and oxygen atoms in total. The van der Waals surface area contributed by atoms with Crippen LogP contribution in [0, 0.1) is 0 Å². The van der Waals surface area contributed by atoms with Gasteiger partial charge in [-0.3, -0.25) is 5.10 Å². The molecule has 0 aliphatic carbocycles. The Hall–Kier alpha value is -3.47. The smallest absolute Gasteiger partial charge is 0.228 e. The highest BCUT2D eigenvalue weighted by atomic mass is 35.5. The Morgan fingerprint density at radius 2 is 2.09 bits per heavy atom. The molecule has 0 spiro atoms. The number of aromatic amines is 1. The Morgan fingerprint density at radius 1 is 1.18 bits per heavy atom. The molecule has 166 valence electrons. The summed E-state index contributed by atoms with van der Waals surface area (Å²) in [6, 6.07) is 9.48. The number of aryl methyl sites for hydroxylation is 1. The molecule has 0 saturated carbocycles. The van der Waals surface area contributed by atoms with Gasteiger partial charge in [-0.05, 0) is 42.3 Å². The molecule has 4 N–H and O–H groups in total. The molecule has 3 aromatic heterocycles. The quantitative estimate of drug-likeness (QED) is 0.278. The lowest BCUT2D eigenvalue weighted by Gasteiger charge is -2.08. The monoisotopic (exact) mass is 479 g/mol. The first-order valence-corrected chi connectivity index (χ1v) is 11.6. The maximum Gasteiger partial charge on any atom is 0.228 e. The zero-order valence-corrected chi connectivity index (χ0v) is 18.8. The van der Waals surface area contributed by atoms with Crippen LogP contribution in [0.1, 0.15) is 17.7 Å². The van der Waals surface area contributed by atoms with Crippen LogP contribution in [-0.4, -0.2) is 37.0 Å². The number of aliphatic hydroxyl groups is 1. The summed E-state index contributed by atoms with van der Waals surface area (Å²) in [4.78, 5) is 4.60. The molecule has 1 aliphatic heterocycles. The molecule has 5 aromatic rings. The predicted molar refractivity (Wildman–Crippen MR) is 128 cm³/mol. The summed E-state index contributed by atoms with van der Waals surface area (Å²) in [5.41, 5.74) is 3.93. The second-order valence-electron chi connectivity index (χ2n) is 7.69. The van der Waals surface area contributed by atoms with E-state index in [0.717, 1.165) is 64.2 Å². The molecule has 0 radical (unpaired) electrons. The van der Waals surface area contributed by atoms with E-state index in [1.165, 1.54) is 11.3 Å². The van der Waals surface area contributed by atoms with Gasteiger partial charge in [0.15, 0.2) is 5.82 Å². The van der Waals surface area contributed by atoms with Crippen LogP contribution in [0.25, 0.3) is 32.9 Å². The third-order valence-corrected chi connectivity index (χ3v) is 6.76. The summed E-state index contributed by atoms with van der Waals surface area (Å²) in [5.74, 6) is 2.18. The maximum absolute atomic E-state index is 9.81. The first-order chi connectivity index (χ1) is 16.2. The highest BCUT2D eigenvalue weighted by molar-refractivity contribution is 7.18. The van der Waals surface area contributed by atoms with Gasteiger partial charge >= 0.3 is 0 Å². The molecule has 2 aromatic carbocycles. The number of halogens is 1. The molecular formula is C22H18ClN7O2S. The third-order valence-electron chi connectivity index (χ3n) is 5.46. The van der Waals surface area contributed by atoms with Gasteiger partial charge in [-0.1, -0.05) is 22.9 Å². The van der Waals surface area contributed by atoms with Gasteiger partial charge < -0.3 is 20.2 Å². The first-order valence-electron chi connectivity index (χ1n) is 10.4. The Balaban J connectivity index is 1.32. The third kappa shape index (κ3) is 3.71. The van der Waals surface area contributed by atoms with E-state index in [1.54, 1.807) is 6.20 Å². The SMILES string of the molecule is OCc1cc(-c2nc3c(o2)CCCN3)cc(-c2nnc(Nc3ccc4[nH]ncc4c3Cl)s2)c1. The molecule has 33 heavy (non-hydrogen) atoms. The number of nitrogens with zero attached hydrogens (tertiary/aromatic N) is 4. The van der Waals surface area contributed by atoms with Crippen molar-refractivity contribution in [2.45, 2.75) is 19.4 Å². The number of aliphatic hydroxyl groups excluding tert-OH is 1. The molecule has 4 heterocycles. The molecule has 6 rings (SSSR count). The summed E-state index contributed by atoms with van der Waals surface area (Å²) in [6.45, 7) is 0.781. The number of hydrogen-bond acceptors (Lipinski definition) is 9. The zero-order chi connectivity index (χ0) is 22.4. The van der Waals surface area contributed by atoms with Crippen molar-refractivity contribution >= 4 is 50.5 Å². The second-order valence-corrected chi connectivity index (χ2v) is 9.05. The molecular weight excluding hydrogens is 462 g/mol. The fourth-order valence-corrected chi connectivity index (χ4v) is 4.86. The molecule has 0 unspecified atom stereocenters. The lowest BCUT2D eigenvalue weighted by atomic mass is 10.1. The van der Waals surface area contributed by atoms with E-state index in [4.69, 9.17) is 16.0 Å². The van der Waals surface area contributed by atoms with Crippen molar-refractivity contribution in [3.05, 3.63) is 52.9 Å². The normalized spacial score (nSPS) is 13.2. The van der Waals surface area contributed by atoms with Gasteiger partial charge in [0.1, 0.15) is 10.8 Å². The van der Waals surface area contributed by atoms with E-state index in [1.807, 2.05) is 30.3 Å². The molecule has 0 saturated heterocycles. The summed E-state index contributed by atoms with van der Waals surface area (Å²) < 4.78 is 5.99. The van der Waals surface area contributed by atoms with Crippen LogP contribution in [-0.2, 0) is 13.0 Å². The van der Waals surface area contributed by atoms with Crippen molar-refractivity contribution in [2.24, 2.45) is 0 Å². The number of H-pyrrole nitrogens is 1. The van der Waals surface area contributed by atoms with E-state index in [0.29, 0.717) is 21.1 Å². The van der Waals surface area contributed by atoms with Crippen LogP contribution in [0.3, 0.4) is 0 Å². The van der Waals surface area contributed by atoms with Crippen molar-refractivity contribution in [2.75, 3.05) is 17.2 Å². The van der Waals surface area contributed by atoms with Gasteiger partial charge in [-0.25, -0.2) is 0 Å². The van der Waals surface area contributed by atoms with E-state index < -0.39 is 0 Å². The molecule has 0 fully saturated rings. The van der Waals surface area contributed by atoms with Crippen LogP contribution >= 0.6 is 22.9 Å². The van der Waals surface area contributed by atoms with Gasteiger partial charge in [0, 0.05) is 29.5 Å². The number of rotatable bonds is 5. The highest BCUT2D eigenvalue weighted by Gasteiger charge is 2.19. The Bertz CT molecular complexity index is 1450. The topological polar surface area (TPSA) is 125 Å². The van der Waals surface area contributed by atoms with Crippen molar-refractivity contribution in [1.29, 1.82) is 0 Å². The van der Waals surface area contributed by atoms with E-state index >= 15 is 0 Å². The number of fused-ring (bicyclic) bond motifs is 2. The number of oxazole rings is 1. The van der Waals surface area contributed by atoms with Gasteiger partial charge in [0.05, 0.1) is 29.0 Å². The summed E-state index contributed by atoms with van der Waals surface area (Å²) in [7, 11) is 0. The fourth-order valence-electron chi connectivity index (χ4n) is 3.85. The number of hydrogen-bond donors (Lipinski definition) is 4.